The topological polar surface area (TPSA) is 77.0 Å². The summed E-state index contributed by atoms with van der Waals surface area (Å²) in [7, 11) is 0. The van der Waals surface area contributed by atoms with E-state index >= 15 is 0 Å². The van der Waals surface area contributed by atoms with Crippen molar-refractivity contribution >= 4 is 5.91 Å². The zero-order valence-corrected chi connectivity index (χ0v) is 13.0. The third kappa shape index (κ3) is 3.39. The van der Waals surface area contributed by atoms with E-state index in [0.29, 0.717) is 30.4 Å². The molecule has 1 amide bonds. The standard InChI is InChI=1S/C16H20FN5O/c1-11(18)12-3-2-8-21(9-12)16(23)15-10-22(20-19-15)14-6-4-13(17)5-7-14/h4-7,10-12H,2-3,8-9,18H2,1H3/t11-,12-/m0/s1. The summed E-state index contributed by atoms with van der Waals surface area (Å²) in [4.78, 5) is 14.4. The van der Waals surface area contributed by atoms with Gasteiger partial charge in [-0.1, -0.05) is 5.21 Å². The summed E-state index contributed by atoms with van der Waals surface area (Å²) in [5.41, 5.74) is 6.91. The molecule has 2 N–H and O–H groups in total. The number of nitrogens with two attached hydrogens (primary N) is 1. The number of likely N-dealkylation sites (tertiary alicyclic amines) is 1. The first-order valence-electron chi connectivity index (χ1n) is 7.78. The summed E-state index contributed by atoms with van der Waals surface area (Å²) < 4.78 is 14.4. The lowest BCUT2D eigenvalue weighted by atomic mass is 9.92. The highest BCUT2D eigenvalue weighted by atomic mass is 19.1. The molecule has 1 aliphatic heterocycles. The van der Waals surface area contributed by atoms with Gasteiger partial charge in [0, 0.05) is 19.1 Å². The van der Waals surface area contributed by atoms with Crippen LogP contribution in [0.5, 0.6) is 0 Å². The van der Waals surface area contributed by atoms with Gasteiger partial charge < -0.3 is 10.6 Å². The van der Waals surface area contributed by atoms with Crippen LogP contribution in [0, 0.1) is 11.7 Å². The summed E-state index contributed by atoms with van der Waals surface area (Å²) in [6.45, 7) is 3.34. The summed E-state index contributed by atoms with van der Waals surface area (Å²) in [6.07, 6.45) is 3.57. The lowest BCUT2D eigenvalue weighted by Gasteiger charge is -2.34. The number of carbonyl (C=O) groups is 1. The van der Waals surface area contributed by atoms with E-state index < -0.39 is 0 Å². The van der Waals surface area contributed by atoms with E-state index in [-0.39, 0.29) is 17.8 Å². The van der Waals surface area contributed by atoms with Gasteiger partial charge in [-0.15, -0.1) is 5.10 Å². The molecule has 2 aromatic rings. The van der Waals surface area contributed by atoms with Crippen LogP contribution in [0.1, 0.15) is 30.3 Å². The number of hydrogen-bond donors (Lipinski definition) is 1. The number of piperidine rings is 1. The molecular formula is C16H20FN5O. The number of hydrogen-bond acceptors (Lipinski definition) is 4. The highest BCUT2D eigenvalue weighted by Crippen LogP contribution is 2.20. The number of nitrogens with zero attached hydrogens (tertiary/aromatic N) is 4. The van der Waals surface area contributed by atoms with Gasteiger partial charge in [0.2, 0.25) is 0 Å². The molecule has 0 bridgehead atoms. The third-order valence-electron chi connectivity index (χ3n) is 4.29. The van der Waals surface area contributed by atoms with Crippen molar-refractivity contribution in [1.82, 2.24) is 19.9 Å². The molecule has 0 aliphatic carbocycles. The molecule has 23 heavy (non-hydrogen) atoms. The van der Waals surface area contributed by atoms with E-state index in [1.807, 2.05) is 6.92 Å². The fourth-order valence-corrected chi connectivity index (χ4v) is 2.87. The molecule has 1 aromatic carbocycles. The lowest BCUT2D eigenvalue weighted by molar-refractivity contribution is 0.0655. The highest BCUT2D eigenvalue weighted by molar-refractivity contribution is 5.92. The second-order valence-electron chi connectivity index (χ2n) is 6.04. The Morgan fingerprint density at radius 2 is 2.13 bits per heavy atom. The Balaban J connectivity index is 1.74. The SMILES string of the molecule is C[C@H](N)[C@H]1CCCN(C(=O)c2cn(-c3ccc(F)cc3)nn2)C1. The van der Waals surface area contributed by atoms with Crippen LogP contribution in [0.4, 0.5) is 4.39 Å². The van der Waals surface area contributed by atoms with Crippen LogP contribution in [0.3, 0.4) is 0 Å². The van der Waals surface area contributed by atoms with Crippen molar-refractivity contribution in [3.8, 4) is 5.69 Å². The zero-order valence-electron chi connectivity index (χ0n) is 13.0. The predicted octanol–water partition coefficient (Wildman–Crippen LogP) is 1.61. The Kier molecular flexibility index (Phi) is 4.38. The van der Waals surface area contributed by atoms with Crippen molar-refractivity contribution in [3.05, 3.63) is 42.0 Å². The van der Waals surface area contributed by atoms with Crippen molar-refractivity contribution in [1.29, 1.82) is 0 Å². The molecular weight excluding hydrogens is 297 g/mol. The van der Waals surface area contributed by atoms with Crippen molar-refractivity contribution in [3.63, 3.8) is 0 Å². The van der Waals surface area contributed by atoms with Gasteiger partial charge in [0.05, 0.1) is 11.9 Å². The largest absolute Gasteiger partial charge is 0.337 e. The van der Waals surface area contributed by atoms with Crippen LogP contribution < -0.4 is 5.73 Å². The Hall–Kier alpha value is -2.28. The molecule has 1 aromatic heterocycles. The minimum absolute atomic E-state index is 0.0699. The van der Waals surface area contributed by atoms with E-state index in [1.54, 1.807) is 23.2 Å². The molecule has 2 heterocycles. The molecule has 1 aliphatic rings. The normalized spacial score (nSPS) is 19.6. The first-order valence-corrected chi connectivity index (χ1v) is 7.78. The maximum absolute atomic E-state index is 13.0. The summed E-state index contributed by atoms with van der Waals surface area (Å²) in [5, 5.41) is 7.91. The van der Waals surface area contributed by atoms with E-state index in [9.17, 15) is 9.18 Å². The van der Waals surface area contributed by atoms with Gasteiger partial charge in [0.1, 0.15) is 5.82 Å². The fraction of sp³-hybridized carbons (Fsp3) is 0.438. The minimum Gasteiger partial charge on any atom is -0.337 e. The third-order valence-corrected chi connectivity index (χ3v) is 4.29. The maximum atomic E-state index is 13.0. The second kappa shape index (κ2) is 6.45. The first kappa shape index (κ1) is 15.6. The molecule has 1 fully saturated rings. The predicted molar refractivity (Wildman–Crippen MR) is 83.6 cm³/mol. The van der Waals surface area contributed by atoms with Gasteiger partial charge in [0.15, 0.2) is 5.69 Å². The maximum Gasteiger partial charge on any atom is 0.276 e. The van der Waals surface area contributed by atoms with Crippen molar-refractivity contribution in [2.45, 2.75) is 25.8 Å². The van der Waals surface area contributed by atoms with Crippen LogP contribution in [-0.2, 0) is 0 Å². The number of halogens is 1. The fourth-order valence-electron chi connectivity index (χ4n) is 2.87. The number of carbonyl (C=O) groups excluding carboxylic acids is 1. The molecule has 7 heteroatoms. The average Bonchev–Trinajstić information content (AvgIpc) is 3.05. The summed E-state index contributed by atoms with van der Waals surface area (Å²) in [6, 6.07) is 5.93. The minimum atomic E-state index is -0.319. The van der Waals surface area contributed by atoms with Crippen LogP contribution in [-0.4, -0.2) is 44.9 Å². The average molecular weight is 317 g/mol. The Labute approximate surface area is 134 Å². The zero-order chi connectivity index (χ0) is 16.4. The Morgan fingerprint density at radius 3 is 2.83 bits per heavy atom. The van der Waals surface area contributed by atoms with E-state index in [4.69, 9.17) is 5.73 Å². The van der Waals surface area contributed by atoms with Crippen LogP contribution in [0.2, 0.25) is 0 Å². The summed E-state index contributed by atoms with van der Waals surface area (Å²) >= 11 is 0. The number of benzene rings is 1. The van der Waals surface area contributed by atoms with Crippen LogP contribution >= 0.6 is 0 Å². The summed E-state index contributed by atoms with van der Waals surface area (Å²) in [5.74, 6) is -0.135. The molecule has 0 saturated carbocycles. The molecule has 122 valence electrons. The van der Waals surface area contributed by atoms with E-state index in [0.717, 1.165) is 12.8 Å². The van der Waals surface area contributed by atoms with Crippen molar-refractivity contribution in [2.24, 2.45) is 11.7 Å². The quantitative estimate of drug-likeness (QED) is 0.933. The molecule has 2 atom stereocenters. The van der Waals surface area contributed by atoms with Gasteiger partial charge in [-0.25, -0.2) is 9.07 Å². The van der Waals surface area contributed by atoms with Gasteiger partial charge in [0.25, 0.3) is 5.91 Å². The van der Waals surface area contributed by atoms with Gasteiger partial charge in [-0.2, -0.15) is 0 Å². The van der Waals surface area contributed by atoms with Gasteiger partial charge in [-0.05, 0) is 49.9 Å². The lowest BCUT2D eigenvalue weighted by Crippen LogP contribution is -2.45. The number of amides is 1. The smallest absolute Gasteiger partial charge is 0.276 e. The molecule has 1 saturated heterocycles. The molecule has 3 rings (SSSR count). The Morgan fingerprint density at radius 1 is 1.39 bits per heavy atom. The second-order valence-corrected chi connectivity index (χ2v) is 6.04. The van der Waals surface area contributed by atoms with Crippen molar-refractivity contribution < 1.29 is 9.18 Å². The number of aromatic nitrogens is 3. The monoisotopic (exact) mass is 317 g/mol. The molecule has 6 nitrogen and oxygen atoms in total. The highest BCUT2D eigenvalue weighted by Gasteiger charge is 2.27. The van der Waals surface area contributed by atoms with E-state index in [1.165, 1.54) is 16.8 Å². The van der Waals surface area contributed by atoms with Crippen LogP contribution in [0.15, 0.2) is 30.5 Å². The van der Waals surface area contributed by atoms with Crippen molar-refractivity contribution in [2.75, 3.05) is 13.1 Å². The molecule has 0 radical (unpaired) electrons. The number of rotatable bonds is 3. The first-order chi connectivity index (χ1) is 11.0. The van der Waals surface area contributed by atoms with Gasteiger partial charge in [-0.3, -0.25) is 4.79 Å². The molecule has 0 unspecified atom stereocenters. The molecule has 0 spiro atoms. The van der Waals surface area contributed by atoms with E-state index in [2.05, 4.69) is 10.3 Å². The van der Waals surface area contributed by atoms with Gasteiger partial charge >= 0.3 is 0 Å². The Bertz CT molecular complexity index is 682. The van der Waals surface area contributed by atoms with Crippen LogP contribution in [0.25, 0.3) is 5.69 Å².